The largest absolute Gasteiger partial charge is 0.493 e. The third-order valence-corrected chi connectivity index (χ3v) is 4.50. The van der Waals surface area contributed by atoms with E-state index in [-0.39, 0.29) is 5.91 Å². The molecule has 5 nitrogen and oxygen atoms in total. The quantitative estimate of drug-likeness (QED) is 0.700. The van der Waals surface area contributed by atoms with E-state index in [1.54, 1.807) is 26.2 Å². The second-order valence-electron chi connectivity index (χ2n) is 6.67. The van der Waals surface area contributed by atoms with E-state index < -0.39 is 6.10 Å². The first-order chi connectivity index (χ1) is 12.9. The van der Waals surface area contributed by atoms with Crippen LogP contribution >= 0.6 is 0 Å². The van der Waals surface area contributed by atoms with E-state index in [9.17, 15) is 4.79 Å². The number of hydrogen-bond donors (Lipinski definition) is 0. The minimum Gasteiger partial charge on any atom is -0.493 e. The zero-order chi connectivity index (χ0) is 20.0. The number of methoxy groups -OCH3 is 2. The van der Waals surface area contributed by atoms with Gasteiger partial charge in [0.25, 0.3) is 5.91 Å². The van der Waals surface area contributed by atoms with Gasteiger partial charge in [-0.2, -0.15) is 0 Å². The lowest BCUT2D eigenvalue weighted by atomic mass is 10.1. The van der Waals surface area contributed by atoms with Crippen molar-refractivity contribution in [3.63, 3.8) is 0 Å². The molecule has 0 unspecified atom stereocenters. The predicted molar refractivity (Wildman–Crippen MR) is 107 cm³/mol. The van der Waals surface area contributed by atoms with Crippen LogP contribution in [0.3, 0.4) is 0 Å². The van der Waals surface area contributed by atoms with Gasteiger partial charge in [-0.15, -0.1) is 0 Å². The van der Waals surface area contributed by atoms with Crippen molar-refractivity contribution in [1.29, 1.82) is 0 Å². The van der Waals surface area contributed by atoms with Crippen LogP contribution in [0.4, 0.5) is 0 Å². The van der Waals surface area contributed by atoms with Crippen LogP contribution in [-0.4, -0.2) is 38.2 Å². The summed E-state index contributed by atoms with van der Waals surface area (Å²) in [6.45, 7) is 6.42. The summed E-state index contributed by atoms with van der Waals surface area (Å²) in [6, 6.07) is 11.7. The number of rotatable bonds is 8. The second kappa shape index (κ2) is 9.31. The number of likely N-dealkylation sites (N-methyl/N-ethyl adjacent to an activating group) is 1. The fraction of sp³-hybridized carbons (Fsp3) is 0.409. The maximum Gasteiger partial charge on any atom is 0.263 e. The van der Waals surface area contributed by atoms with Crippen molar-refractivity contribution in [2.75, 3.05) is 21.3 Å². The lowest BCUT2D eigenvalue weighted by Crippen LogP contribution is -2.39. The lowest BCUT2D eigenvalue weighted by Gasteiger charge is -2.25. The maximum atomic E-state index is 12.9. The van der Waals surface area contributed by atoms with Crippen LogP contribution in [0, 0.1) is 13.8 Å². The van der Waals surface area contributed by atoms with Gasteiger partial charge in [0.15, 0.2) is 17.6 Å². The summed E-state index contributed by atoms with van der Waals surface area (Å²) in [5.74, 6) is 2.03. The Morgan fingerprint density at radius 3 is 2.33 bits per heavy atom. The fourth-order valence-corrected chi connectivity index (χ4v) is 2.87. The zero-order valence-corrected chi connectivity index (χ0v) is 17.0. The van der Waals surface area contributed by atoms with Crippen molar-refractivity contribution in [3.05, 3.63) is 53.1 Å². The van der Waals surface area contributed by atoms with Crippen LogP contribution in [-0.2, 0) is 11.3 Å². The number of aryl methyl sites for hydroxylation is 2. The molecule has 0 aromatic heterocycles. The van der Waals surface area contributed by atoms with Crippen molar-refractivity contribution in [2.24, 2.45) is 0 Å². The number of carbonyl (C=O) groups excluding carboxylic acids is 1. The van der Waals surface area contributed by atoms with E-state index in [1.165, 1.54) is 0 Å². The van der Waals surface area contributed by atoms with Gasteiger partial charge < -0.3 is 19.1 Å². The molecule has 0 radical (unpaired) electrons. The zero-order valence-electron chi connectivity index (χ0n) is 17.0. The molecule has 0 N–H and O–H groups in total. The molecule has 2 aromatic carbocycles. The summed E-state index contributed by atoms with van der Waals surface area (Å²) in [4.78, 5) is 14.6. The Morgan fingerprint density at radius 1 is 1.00 bits per heavy atom. The van der Waals surface area contributed by atoms with Gasteiger partial charge >= 0.3 is 0 Å². The molecule has 1 amide bonds. The smallest absolute Gasteiger partial charge is 0.263 e. The van der Waals surface area contributed by atoms with Gasteiger partial charge in [0, 0.05) is 13.6 Å². The molecule has 1 atom stereocenters. The summed E-state index contributed by atoms with van der Waals surface area (Å²) in [5.41, 5.74) is 3.09. The molecule has 0 saturated carbocycles. The van der Waals surface area contributed by atoms with Gasteiger partial charge in [-0.3, -0.25) is 4.79 Å². The third kappa shape index (κ3) is 5.16. The Kier molecular flexibility index (Phi) is 7.11. The van der Waals surface area contributed by atoms with Crippen LogP contribution in [0.2, 0.25) is 0 Å². The van der Waals surface area contributed by atoms with Crippen molar-refractivity contribution >= 4 is 5.91 Å². The van der Waals surface area contributed by atoms with Crippen LogP contribution in [0.1, 0.15) is 30.0 Å². The van der Waals surface area contributed by atoms with Crippen molar-refractivity contribution in [3.8, 4) is 17.2 Å². The van der Waals surface area contributed by atoms with Gasteiger partial charge in [-0.1, -0.05) is 25.1 Å². The van der Waals surface area contributed by atoms with E-state index >= 15 is 0 Å². The average molecular weight is 371 g/mol. The number of carbonyl (C=O) groups is 1. The average Bonchev–Trinajstić information content (AvgIpc) is 2.67. The minimum atomic E-state index is -0.518. The van der Waals surface area contributed by atoms with Crippen LogP contribution in [0.15, 0.2) is 36.4 Å². The first kappa shape index (κ1) is 20.6. The highest BCUT2D eigenvalue weighted by atomic mass is 16.5. The van der Waals surface area contributed by atoms with Crippen LogP contribution < -0.4 is 14.2 Å². The Bertz CT molecular complexity index is 788. The Morgan fingerprint density at radius 2 is 1.70 bits per heavy atom. The maximum absolute atomic E-state index is 12.9. The van der Waals surface area contributed by atoms with E-state index in [1.807, 2.05) is 57.2 Å². The van der Waals surface area contributed by atoms with Crippen molar-refractivity contribution in [1.82, 2.24) is 4.90 Å². The number of nitrogens with zero attached hydrogens (tertiary/aromatic N) is 1. The minimum absolute atomic E-state index is 0.0480. The first-order valence-electron chi connectivity index (χ1n) is 9.09. The van der Waals surface area contributed by atoms with Crippen molar-refractivity contribution in [2.45, 2.75) is 39.8 Å². The number of benzene rings is 2. The van der Waals surface area contributed by atoms with E-state index in [4.69, 9.17) is 14.2 Å². The summed E-state index contributed by atoms with van der Waals surface area (Å²) >= 11 is 0. The number of amides is 1. The SMILES string of the molecule is CC[C@@H](Oc1cc(C)ccc1C)C(=O)N(C)Cc1ccc(OC)c(OC)c1. The molecule has 0 heterocycles. The highest BCUT2D eigenvalue weighted by Gasteiger charge is 2.23. The first-order valence-corrected chi connectivity index (χ1v) is 9.09. The summed E-state index contributed by atoms with van der Waals surface area (Å²) < 4.78 is 16.6. The summed E-state index contributed by atoms with van der Waals surface area (Å²) in [5, 5.41) is 0. The predicted octanol–water partition coefficient (Wildman–Crippen LogP) is 4.14. The van der Waals surface area contributed by atoms with Crippen LogP contribution in [0.5, 0.6) is 17.2 Å². The Balaban J connectivity index is 2.11. The number of hydrogen-bond acceptors (Lipinski definition) is 4. The summed E-state index contributed by atoms with van der Waals surface area (Å²) in [6.07, 6.45) is 0.0818. The molecule has 0 aliphatic carbocycles. The summed E-state index contributed by atoms with van der Waals surface area (Å²) in [7, 11) is 4.99. The standard InChI is InChI=1S/C22H29NO4/c1-7-18(27-20-12-15(2)8-9-16(20)3)22(24)23(4)14-17-10-11-19(25-5)21(13-17)26-6/h8-13,18H,7,14H2,1-6H3/t18-/m1/s1. The van der Waals surface area contributed by atoms with E-state index in [0.717, 1.165) is 22.4 Å². The van der Waals surface area contributed by atoms with E-state index in [2.05, 4.69) is 0 Å². The molecular weight excluding hydrogens is 342 g/mol. The molecule has 0 bridgehead atoms. The van der Waals surface area contributed by atoms with Gasteiger partial charge in [-0.25, -0.2) is 0 Å². The van der Waals surface area contributed by atoms with Crippen molar-refractivity contribution < 1.29 is 19.0 Å². The fourth-order valence-electron chi connectivity index (χ4n) is 2.87. The van der Waals surface area contributed by atoms with E-state index in [0.29, 0.717) is 24.5 Å². The molecule has 5 heteroatoms. The third-order valence-electron chi connectivity index (χ3n) is 4.50. The topological polar surface area (TPSA) is 48.0 Å². The Labute approximate surface area is 161 Å². The molecule has 0 aliphatic heterocycles. The van der Waals surface area contributed by atoms with Gasteiger partial charge in [0.05, 0.1) is 14.2 Å². The number of ether oxygens (including phenoxy) is 3. The molecule has 0 spiro atoms. The van der Waals surface area contributed by atoms with Gasteiger partial charge in [-0.05, 0) is 55.2 Å². The molecule has 27 heavy (non-hydrogen) atoms. The highest BCUT2D eigenvalue weighted by Crippen LogP contribution is 2.28. The van der Waals surface area contributed by atoms with Crippen LogP contribution in [0.25, 0.3) is 0 Å². The molecule has 0 saturated heterocycles. The highest BCUT2D eigenvalue weighted by molar-refractivity contribution is 5.81. The molecule has 2 aromatic rings. The molecule has 2 rings (SSSR count). The molecular formula is C22H29NO4. The monoisotopic (exact) mass is 371 g/mol. The van der Waals surface area contributed by atoms with Gasteiger partial charge in [0.2, 0.25) is 0 Å². The van der Waals surface area contributed by atoms with Gasteiger partial charge in [0.1, 0.15) is 5.75 Å². The molecule has 146 valence electrons. The Hall–Kier alpha value is -2.69. The lowest BCUT2D eigenvalue weighted by molar-refractivity contribution is -0.138. The normalized spacial score (nSPS) is 11.6. The molecule has 0 fully saturated rings. The second-order valence-corrected chi connectivity index (χ2v) is 6.67. The molecule has 0 aliphatic rings.